The molecule has 1 saturated carbocycles. The minimum absolute atomic E-state index is 0.113. The second-order valence-corrected chi connectivity index (χ2v) is 6.88. The largest absolute Gasteiger partial charge is 0.418 e. The van der Waals surface area contributed by atoms with E-state index in [1.54, 1.807) is 0 Å². The van der Waals surface area contributed by atoms with E-state index >= 15 is 0 Å². The van der Waals surface area contributed by atoms with Gasteiger partial charge in [0.2, 0.25) is 0 Å². The van der Waals surface area contributed by atoms with Gasteiger partial charge in [0.25, 0.3) is 5.91 Å². The number of carbonyl (C=O) groups excluding carboxylic acids is 2. The summed E-state index contributed by atoms with van der Waals surface area (Å²) in [6, 6.07) is -2.22. The van der Waals surface area contributed by atoms with Gasteiger partial charge in [0.15, 0.2) is 0 Å². The van der Waals surface area contributed by atoms with Crippen molar-refractivity contribution in [1.82, 2.24) is 15.4 Å². The molecule has 0 radical (unpaired) electrons. The Kier molecular flexibility index (Phi) is 4.18. The summed E-state index contributed by atoms with van der Waals surface area (Å²) in [6.45, 7) is 0.134. The molecule has 2 saturated heterocycles. The van der Waals surface area contributed by atoms with Crippen LogP contribution in [0.1, 0.15) is 25.7 Å². The Labute approximate surface area is 132 Å². The van der Waals surface area contributed by atoms with Crippen molar-refractivity contribution in [3.8, 4) is 0 Å². The number of hydroxylamine groups is 3. The summed E-state index contributed by atoms with van der Waals surface area (Å²) < 4.78 is 34.6. The van der Waals surface area contributed by atoms with E-state index in [9.17, 15) is 18.0 Å². The monoisotopic (exact) mass is 350 g/mol. The lowest BCUT2D eigenvalue weighted by Gasteiger charge is -2.34. The Balaban J connectivity index is 1.60. The zero-order valence-electron chi connectivity index (χ0n) is 12.1. The highest BCUT2D eigenvalue weighted by molar-refractivity contribution is 7.80. The smallest absolute Gasteiger partial charge is 0.325 e. The minimum Gasteiger partial charge on any atom is -0.325 e. The van der Waals surface area contributed by atoms with Crippen LogP contribution >= 0.6 is 0 Å². The highest BCUT2D eigenvalue weighted by Gasteiger charge is 2.49. The first-order chi connectivity index (χ1) is 10.8. The Morgan fingerprint density at radius 1 is 1.30 bits per heavy atom. The highest BCUT2D eigenvalue weighted by atomic mass is 32.3. The van der Waals surface area contributed by atoms with Crippen molar-refractivity contribution in [3.05, 3.63) is 0 Å². The second-order valence-electron chi connectivity index (χ2n) is 5.87. The number of nitrogens with zero attached hydrogens (tertiary/aromatic N) is 2. The van der Waals surface area contributed by atoms with E-state index in [0.29, 0.717) is 17.9 Å². The van der Waals surface area contributed by atoms with Crippen molar-refractivity contribution in [3.63, 3.8) is 0 Å². The van der Waals surface area contributed by atoms with Crippen molar-refractivity contribution in [1.29, 1.82) is 0 Å². The lowest BCUT2D eigenvalue weighted by molar-refractivity contribution is -0.149. The standard InChI is InChI=1S/C11H18N4O7S/c12-7-2-4-9(7)21-13-10(16)8-3-1-6-5-14(8)11(17)15(6)22-23(18,19)20/h6-9H,1-5,12H2,(H,13,16)(H,18,19,20). The van der Waals surface area contributed by atoms with Gasteiger partial charge in [-0.1, -0.05) is 0 Å². The summed E-state index contributed by atoms with van der Waals surface area (Å²) in [5.41, 5.74) is 8.01. The molecule has 3 amide bonds. The van der Waals surface area contributed by atoms with Gasteiger partial charge in [-0.2, -0.15) is 13.5 Å². The molecule has 12 heteroatoms. The predicted molar refractivity (Wildman–Crippen MR) is 73.6 cm³/mol. The molecule has 0 aromatic rings. The van der Waals surface area contributed by atoms with Gasteiger partial charge in [-0.05, 0) is 25.7 Å². The molecule has 0 spiro atoms. The molecule has 3 rings (SSSR count). The van der Waals surface area contributed by atoms with Crippen LogP contribution in [0.3, 0.4) is 0 Å². The number of piperidine rings is 1. The van der Waals surface area contributed by atoms with Gasteiger partial charge in [-0.15, -0.1) is 4.28 Å². The first kappa shape index (κ1) is 16.4. The molecule has 3 fully saturated rings. The van der Waals surface area contributed by atoms with Crippen molar-refractivity contribution < 1.29 is 31.7 Å². The third-order valence-corrected chi connectivity index (χ3v) is 4.72. The van der Waals surface area contributed by atoms with Crippen LogP contribution in [0.25, 0.3) is 0 Å². The van der Waals surface area contributed by atoms with Crippen molar-refractivity contribution in [2.75, 3.05) is 6.54 Å². The Morgan fingerprint density at radius 3 is 2.61 bits per heavy atom. The average Bonchev–Trinajstić information content (AvgIpc) is 2.69. The molecule has 0 aromatic heterocycles. The van der Waals surface area contributed by atoms with Crippen LogP contribution in [-0.2, 0) is 24.3 Å². The third kappa shape index (κ3) is 3.26. The molecule has 2 aliphatic heterocycles. The number of urea groups is 1. The second kappa shape index (κ2) is 5.87. The topological polar surface area (TPSA) is 151 Å². The van der Waals surface area contributed by atoms with Crippen molar-refractivity contribution in [2.24, 2.45) is 5.73 Å². The molecule has 2 bridgehead atoms. The van der Waals surface area contributed by atoms with Gasteiger partial charge in [0.1, 0.15) is 12.1 Å². The normalized spacial score (nSPS) is 33.6. The van der Waals surface area contributed by atoms with Crippen molar-refractivity contribution >= 4 is 22.3 Å². The summed E-state index contributed by atoms with van der Waals surface area (Å²) >= 11 is 0. The SMILES string of the molecule is NC1CCC1ONC(=O)C1CCC2CN1C(=O)N2OS(=O)(=O)O. The summed E-state index contributed by atoms with van der Waals surface area (Å²) in [5, 5.41) is 0.589. The van der Waals surface area contributed by atoms with Gasteiger partial charge in [-0.3, -0.25) is 14.2 Å². The van der Waals surface area contributed by atoms with E-state index in [4.69, 9.17) is 15.1 Å². The predicted octanol–water partition coefficient (Wildman–Crippen LogP) is -1.47. The summed E-state index contributed by atoms with van der Waals surface area (Å²) in [4.78, 5) is 30.7. The van der Waals surface area contributed by atoms with E-state index in [1.807, 2.05) is 0 Å². The maximum atomic E-state index is 12.2. The Morgan fingerprint density at radius 2 is 2.04 bits per heavy atom. The fourth-order valence-corrected chi connectivity index (χ4v) is 3.34. The van der Waals surface area contributed by atoms with Gasteiger partial charge in [0, 0.05) is 12.6 Å². The number of hydrogen-bond acceptors (Lipinski definition) is 7. The van der Waals surface area contributed by atoms with Crippen molar-refractivity contribution in [2.45, 2.75) is 49.9 Å². The Bertz CT molecular complexity index is 611. The Hall–Kier alpha value is -1.47. The maximum Gasteiger partial charge on any atom is 0.418 e. The lowest BCUT2D eigenvalue weighted by atomic mass is 9.90. The van der Waals surface area contributed by atoms with E-state index in [1.165, 1.54) is 4.90 Å². The first-order valence-corrected chi connectivity index (χ1v) is 8.60. The molecule has 4 N–H and O–H groups in total. The van der Waals surface area contributed by atoms with Crippen LogP contribution in [0.2, 0.25) is 0 Å². The molecule has 0 aromatic carbocycles. The fraction of sp³-hybridized carbons (Fsp3) is 0.818. The summed E-state index contributed by atoms with van der Waals surface area (Å²) in [5.74, 6) is -0.496. The van der Waals surface area contributed by atoms with E-state index in [0.717, 1.165) is 12.8 Å². The zero-order valence-corrected chi connectivity index (χ0v) is 12.9. The number of carbonyl (C=O) groups is 2. The molecule has 3 aliphatic rings. The number of nitrogens with one attached hydrogen (secondary N) is 1. The molecular weight excluding hydrogens is 332 g/mol. The molecule has 4 unspecified atom stereocenters. The lowest BCUT2D eigenvalue weighted by Crippen LogP contribution is -2.53. The number of nitrogens with two attached hydrogens (primary N) is 1. The molecule has 23 heavy (non-hydrogen) atoms. The maximum absolute atomic E-state index is 12.2. The van der Waals surface area contributed by atoms with E-state index in [2.05, 4.69) is 9.76 Å². The van der Waals surface area contributed by atoms with Gasteiger partial charge >= 0.3 is 16.4 Å². The number of hydrogen-bond donors (Lipinski definition) is 3. The minimum atomic E-state index is -4.80. The number of fused-ring (bicyclic) bond motifs is 2. The van der Waals surface area contributed by atoms with Crippen LogP contribution < -0.4 is 11.2 Å². The van der Waals surface area contributed by atoms with Gasteiger partial charge < -0.3 is 10.6 Å². The zero-order chi connectivity index (χ0) is 16.8. The summed E-state index contributed by atoms with van der Waals surface area (Å²) in [7, 11) is -4.80. The van der Waals surface area contributed by atoms with Crippen LogP contribution in [0.4, 0.5) is 4.79 Å². The molecule has 4 atom stereocenters. The van der Waals surface area contributed by atoms with E-state index in [-0.39, 0.29) is 18.7 Å². The third-order valence-electron chi connectivity index (χ3n) is 4.37. The van der Waals surface area contributed by atoms with Gasteiger partial charge in [-0.25, -0.2) is 10.3 Å². The number of rotatable bonds is 5. The van der Waals surface area contributed by atoms with Crippen LogP contribution in [0, 0.1) is 0 Å². The molecule has 1 aliphatic carbocycles. The fourth-order valence-electron chi connectivity index (χ4n) is 2.95. The van der Waals surface area contributed by atoms with Crippen LogP contribution in [0.15, 0.2) is 0 Å². The molecule has 130 valence electrons. The summed E-state index contributed by atoms with van der Waals surface area (Å²) in [6.07, 6.45) is 2.04. The highest BCUT2D eigenvalue weighted by Crippen LogP contribution is 2.30. The van der Waals surface area contributed by atoms with Crippen LogP contribution in [-0.4, -0.2) is 65.6 Å². The first-order valence-electron chi connectivity index (χ1n) is 7.24. The quantitative estimate of drug-likeness (QED) is 0.401. The molecule has 11 nitrogen and oxygen atoms in total. The molecule has 2 heterocycles. The number of amides is 3. The van der Waals surface area contributed by atoms with E-state index < -0.39 is 34.4 Å². The van der Waals surface area contributed by atoms with Crippen LogP contribution in [0.5, 0.6) is 0 Å². The molecular formula is C11H18N4O7S. The van der Waals surface area contributed by atoms with Gasteiger partial charge in [0.05, 0.1) is 6.04 Å². The average molecular weight is 350 g/mol.